The first-order valence-electron chi connectivity index (χ1n) is 11.2. The second-order valence-corrected chi connectivity index (χ2v) is 10.6. The second kappa shape index (κ2) is 8.46. The Hall–Kier alpha value is -2.91. The molecule has 3 aliphatic rings. The topological polar surface area (TPSA) is 87.2 Å². The van der Waals surface area contributed by atoms with Crippen molar-refractivity contribution in [2.45, 2.75) is 30.6 Å². The molecule has 0 aromatic heterocycles. The number of hydrogen-bond acceptors (Lipinski definition) is 5. The summed E-state index contributed by atoms with van der Waals surface area (Å²) in [6.07, 6.45) is 1.96. The highest BCUT2D eigenvalue weighted by Crippen LogP contribution is 2.39. The van der Waals surface area contributed by atoms with Gasteiger partial charge >= 0.3 is 0 Å². The SMILES string of the molecule is COc1ccc(CC(=O)N2CCN(S(=O)(=O)c3cc4c5c(c3)CCN5C(=O)CC4)CC2)cc1. The molecule has 1 saturated heterocycles. The Labute approximate surface area is 193 Å². The molecule has 3 heterocycles. The van der Waals surface area contributed by atoms with Crippen molar-refractivity contribution >= 4 is 27.5 Å². The Balaban J connectivity index is 1.26. The minimum Gasteiger partial charge on any atom is -0.497 e. The van der Waals surface area contributed by atoms with E-state index in [0.717, 1.165) is 28.1 Å². The molecule has 33 heavy (non-hydrogen) atoms. The molecule has 5 rings (SSSR count). The average molecular weight is 470 g/mol. The highest BCUT2D eigenvalue weighted by molar-refractivity contribution is 7.89. The summed E-state index contributed by atoms with van der Waals surface area (Å²) >= 11 is 0. The molecule has 1 fully saturated rings. The van der Waals surface area contributed by atoms with Crippen LogP contribution in [0.3, 0.4) is 0 Å². The maximum Gasteiger partial charge on any atom is 0.243 e. The lowest BCUT2D eigenvalue weighted by atomic mass is 10.00. The number of nitrogens with zero attached hydrogens (tertiary/aromatic N) is 3. The van der Waals surface area contributed by atoms with E-state index in [1.807, 2.05) is 24.3 Å². The molecule has 2 aromatic rings. The molecule has 2 aromatic carbocycles. The first-order chi connectivity index (χ1) is 15.9. The van der Waals surface area contributed by atoms with Crippen LogP contribution >= 0.6 is 0 Å². The van der Waals surface area contributed by atoms with Gasteiger partial charge in [0.25, 0.3) is 0 Å². The van der Waals surface area contributed by atoms with Crippen molar-refractivity contribution in [3.63, 3.8) is 0 Å². The van der Waals surface area contributed by atoms with E-state index >= 15 is 0 Å². The molecular weight excluding hydrogens is 442 g/mol. The number of carbonyl (C=O) groups is 2. The van der Waals surface area contributed by atoms with Crippen LogP contribution in [-0.4, -0.2) is 69.3 Å². The van der Waals surface area contributed by atoms with Crippen LogP contribution in [0.1, 0.15) is 23.1 Å². The van der Waals surface area contributed by atoms with Crippen molar-refractivity contribution in [3.8, 4) is 5.75 Å². The summed E-state index contributed by atoms with van der Waals surface area (Å²) in [7, 11) is -2.06. The second-order valence-electron chi connectivity index (χ2n) is 8.70. The molecule has 0 saturated carbocycles. The molecule has 174 valence electrons. The lowest BCUT2D eigenvalue weighted by molar-refractivity contribution is -0.131. The number of rotatable bonds is 5. The lowest BCUT2D eigenvalue weighted by Gasteiger charge is -2.34. The van der Waals surface area contributed by atoms with Crippen molar-refractivity contribution in [2.75, 3.05) is 44.7 Å². The van der Waals surface area contributed by atoms with Gasteiger partial charge in [-0.25, -0.2) is 8.42 Å². The Bertz CT molecular complexity index is 1200. The van der Waals surface area contributed by atoms with Crippen molar-refractivity contribution in [1.29, 1.82) is 0 Å². The van der Waals surface area contributed by atoms with Crippen LogP contribution < -0.4 is 9.64 Å². The Morgan fingerprint density at radius 3 is 2.27 bits per heavy atom. The van der Waals surface area contributed by atoms with Crippen LogP contribution in [0.15, 0.2) is 41.3 Å². The first-order valence-corrected chi connectivity index (χ1v) is 12.7. The summed E-state index contributed by atoms with van der Waals surface area (Å²) in [5.74, 6) is 0.848. The van der Waals surface area contributed by atoms with Crippen LogP contribution in [0.4, 0.5) is 5.69 Å². The van der Waals surface area contributed by atoms with Crippen LogP contribution in [-0.2, 0) is 38.9 Å². The summed E-state index contributed by atoms with van der Waals surface area (Å²) < 4.78 is 33.4. The van der Waals surface area contributed by atoms with E-state index in [9.17, 15) is 18.0 Å². The molecule has 0 unspecified atom stereocenters. The van der Waals surface area contributed by atoms with E-state index in [1.165, 1.54) is 4.31 Å². The van der Waals surface area contributed by atoms with Crippen molar-refractivity contribution < 1.29 is 22.7 Å². The minimum atomic E-state index is -3.66. The summed E-state index contributed by atoms with van der Waals surface area (Å²) in [6.45, 7) is 1.91. The number of carbonyl (C=O) groups excluding carboxylic acids is 2. The quantitative estimate of drug-likeness (QED) is 0.664. The van der Waals surface area contributed by atoms with Gasteiger partial charge in [-0.3, -0.25) is 9.59 Å². The maximum atomic E-state index is 13.4. The van der Waals surface area contributed by atoms with Crippen molar-refractivity contribution in [2.24, 2.45) is 0 Å². The number of aryl methyl sites for hydroxylation is 1. The highest BCUT2D eigenvalue weighted by Gasteiger charge is 2.35. The third-order valence-electron chi connectivity index (χ3n) is 6.77. The number of piperazine rings is 1. The molecule has 0 bridgehead atoms. The normalized spacial score (nSPS) is 18.4. The Morgan fingerprint density at radius 2 is 1.61 bits per heavy atom. The summed E-state index contributed by atoms with van der Waals surface area (Å²) in [5.41, 5.74) is 3.69. The largest absolute Gasteiger partial charge is 0.497 e. The Morgan fingerprint density at radius 1 is 0.939 bits per heavy atom. The van der Waals surface area contributed by atoms with Gasteiger partial charge in [0.15, 0.2) is 0 Å². The van der Waals surface area contributed by atoms with E-state index in [4.69, 9.17) is 4.74 Å². The van der Waals surface area contributed by atoms with Crippen LogP contribution in [0.2, 0.25) is 0 Å². The molecule has 0 radical (unpaired) electrons. The first kappa shape index (κ1) is 21.9. The molecule has 3 aliphatic heterocycles. The van der Waals surface area contributed by atoms with Gasteiger partial charge in [0.1, 0.15) is 5.75 Å². The molecule has 0 atom stereocenters. The molecule has 0 aliphatic carbocycles. The number of hydrogen-bond donors (Lipinski definition) is 0. The predicted octanol–water partition coefficient (Wildman–Crippen LogP) is 1.61. The van der Waals surface area contributed by atoms with E-state index in [2.05, 4.69) is 0 Å². The number of methoxy groups -OCH3 is 1. The fourth-order valence-electron chi connectivity index (χ4n) is 4.93. The molecule has 2 amide bonds. The summed E-state index contributed by atoms with van der Waals surface area (Å²) in [4.78, 5) is 28.7. The minimum absolute atomic E-state index is 0.0102. The summed E-state index contributed by atoms with van der Waals surface area (Å²) in [5, 5.41) is 0. The zero-order chi connectivity index (χ0) is 23.2. The standard InChI is InChI=1S/C24H27N3O5S/c1-32-20-5-2-17(3-6-20)14-23(29)25-10-12-26(13-11-25)33(30,31)21-15-18-4-7-22(28)27-9-8-19(16-21)24(18)27/h2-3,5-6,15-16H,4,7-14H2,1H3. The molecule has 0 spiro atoms. The molecule has 9 heteroatoms. The zero-order valence-corrected chi connectivity index (χ0v) is 19.4. The van der Waals surface area contributed by atoms with Gasteiger partial charge in [-0.2, -0.15) is 4.31 Å². The number of ether oxygens (including phenoxy) is 1. The number of benzene rings is 2. The van der Waals surface area contributed by atoms with E-state index in [1.54, 1.807) is 29.0 Å². The van der Waals surface area contributed by atoms with Crippen LogP contribution in [0.5, 0.6) is 5.75 Å². The van der Waals surface area contributed by atoms with Gasteiger partial charge in [0.05, 0.1) is 24.1 Å². The smallest absolute Gasteiger partial charge is 0.243 e. The third kappa shape index (κ3) is 4.00. The third-order valence-corrected chi connectivity index (χ3v) is 8.65. The number of sulfonamides is 1. The monoisotopic (exact) mass is 469 g/mol. The number of anilines is 1. The van der Waals surface area contributed by atoms with E-state index in [0.29, 0.717) is 43.8 Å². The summed E-state index contributed by atoms with van der Waals surface area (Å²) in [6, 6.07) is 10.9. The van der Waals surface area contributed by atoms with Gasteiger partial charge in [0, 0.05) is 39.1 Å². The predicted molar refractivity (Wildman–Crippen MR) is 123 cm³/mol. The van der Waals surface area contributed by atoms with Crippen molar-refractivity contribution in [3.05, 3.63) is 53.1 Å². The fraction of sp³-hybridized carbons (Fsp3) is 0.417. The van der Waals surface area contributed by atoms with Gasteiger partial charge in [-0.05, 0) is 53.8 Å². The molecule has 0 N–H and O–H groups in total. The van der Waals surface area contributed by atoms with E-state index in [-0.39, 0.29) is 31.3 Å². The average Bonchev–Trinajstić information content (AvgIpc) is 3.27. The fourth-order valence-corrected chi connectivity index (χ4v) is 6.46. The van der Waals surface area contributed by atoms with Crippen LogP contribution in [0.25, 0.3) is 0 Å². The van der Waals surface area contributed by atoms with Gasteiger partial charge in [-0.1, -0.05) is 12.1 Å². The molecule has 8 nitrogen and oxygen atoms in total. The van der Waals surface area contributed by atoms with Gasteiger partial charge in [0.2, 0.25) is 21.8 Å². The van der Waals surface area contributed by atoms with E-state index < -0.39 is 10.0 Å². The zero-order valence-electron chi connectivity index (χ0n) is 18.6. The Kier molecular flexibility index (Phi) is 5.62. The molecular formula is C24H27N3O5S. The maximum absolute atomic E-state index is 13.4. The number of amides is 2. The van der Waals surface area contributed by atoms with Crippen molar-refractivity contribution in [1.82, 2.24) is 9.21 Å². The lowest BCUT2D eigenvalue weighted by Crippen LogP contribution is -2.50. The van der Waals surface area contributed by atoms with Gasteiger partial charge < -0.3 is 14.5 Å². The van der Waals surface area contributed by atoms with Gasteiger partial charge in [-0.15, -0.1) is 0 Å². The van der Waals surface area contributed by atoms with Crippen LogP contribution in [0, 0.1) is 0 Å². The highest BCUT2D eigenvalue weighted by atomic mass is 32.2.